The Kier molecular flexibility index (Phi) is 5.78. The minimum atomic E-state index is -2.59. The summed E-state index contributed by atoms with van der Waals surface area (Å²) in [6.45, 7) is 1.52. The summed E-state index contributed by atoms with van der Waals surface area (Å²) in [4.78, 5) is 72.4. The molecule has 0 radical (unpaired) electrons. The maximum Gasteiger partial charge on any atom is 0.332 e. The molecular formula is C24H22F2N10O4. The van der Waals surface area contributed by atoms with Crippen LogP contribution in [0.3, 0.4) is 0 Å². The summed E-state index contributed by atoms with van der Waals surface area (Å²) in [5, 5.41) is 2.65. The Morgan fingerprint density at radius 1 is 1.15 bits per heavy atom. The highest BCUT2D eigenvalue weighted by atomic mass is 19.3. The first-order valence-electron chi connectivity index (χ1n) is 12.3. The second-order valence-electron chi connectivity index (χ2n) is 9.77. The number of anilines is 2. The lowest BCUT2D eigenvalue weighted by molar-refractivity contribution is -0.118. The molecular weight excluding hydrogens is 530 g/mol. The number of alkyl halides is 2. The number of nitrogens with one attached hydrogen (secondary N) is 1. The van der Waals surface area contributed by atoms with Gasteiger partial charge in [-0.15, -0.1) is 0 Å². The molecule has 2 fully saturated rings. The van der Waals surface area contributed by atoms with Crippen molar-refractivity contribution in [2.45, 2.75) is 25.4 Å². The molecule has 4 aromatic heterocycles. The lowest BCUT2D eigenvalue weighted by Gasteiger charge is -2.19. The molecule has 5 heterocycles. The summed E-state index contributed by atoms with van der Waals surface area (Å²) in [6, 6.07) is -0.952. The van der Waals surface area contributed by atoms with Crippen molar-refractivity contribution in [1.29, 1.82) is 0 Å². The molecule has 1 aliphatic heterocycles. The number of amides is 1. The molecule has 3 atom stereocenters. The molecule has 0 spiro atoms. The van der Waals surface area contributed by atoms with Crippen LogP contribution in [0.2, 0.25) is 0 Å². The predicted molar refractivity (Wildman–Crippen MR) is 136 cm³/mol. The SMILES string of the molecule is C[C@@H](C(=O)Nc1cncc(-c2cnc(N3CC4C(C3)C4(F)F)nc2)n1)n1cnc2c1c(=O)n(CC=O)c(=O)n2C. The first-order chi connectivity index (χ1) is 19.1. The zero-order chi connectivity index (χ0) is 28.3. The summed E-state index contributed by atoms with van der Waals surface area (Å²) >= 11 is 0. The zero-order valence-electron chi connectivity index (χ0n) is 21.2. The predicted octanol–water partition coefficient (Wildman–Crippen LogP) is 0.244. The van der Waals surface area contributed by atoms with Crippen molar-refractivity contribution in [3.05, 3.63) is 52.0 Å². The van der Waals surface area contributed by atoms with E-state index in [0.717, 1.165) is 9.13 Å². The van der Waals surface area contributed by atoms with Gasteiger partial charge in [-0.25, -0.2) is 33.5 Å². The van der Waals surface area contributed by atoms with E-state index in [1.165, 1.54) is 49.7 Å². The van der Waals surface area contributed by atoms with Gasteiger partial charge in [-0.2, -0.15) is 0 Å². The number of aldehydes is 1. The number of aryl methyl sites for hydroxylation is 1. The van der Waals surface area contributed by atoms with E-state index in [2.05, 4.69) is 30.2 Å². The Labute approximate surface area is 223 Å². The number of halogens is 2. The van der Waals surface area contributed by atoms with Crippen molar-refractivity contribution in [2.24, 2.45) is 18.9 Å². The van der Waals surface area contributed by atoms with Crippen LogP contribution in [-0.4, -0.2) is 69.8 Å². The fourth-order valence-electron chi connectivity index (χ4n) is 5.03. The van der Waals surface area contributed by atoms with Crippen LogP contribution < -0.4 is 21.5 Å². The molecule has 0 bridgehead atoms. The van der Waals surface area contributed by atoms with Gasteiger partial charge in [-0.1, -0.05) is 0 Å². The minimum absolute atomic E-state index is 0.0114. The third-order valence-electron chi connectivity index (χ3n) is 7.41. The van der Waals surface area contributed by atoms with Crippen LogP contribution in [0.25, 0.3) is 22.4 Å². The molecule has 6 rings (SSSR count). The van der Waals surface area contributed by atoms with Gasteiger partial charge in [0, 0.05) is 38.1 Å². The smallest absolute Gasteiger partial charge is 0.332 e. The molecule has 206 valence electrons. The van der Waals surface area contributed by atoms with Crippen LogP contribution in [0.15, 0.2) is 40.7 Å². The van der Waals surface area contributed by atoms with Gasteiger partial charge in [0.1, 0.15) is 12.3 Å². The first kappa shape index (κ1) is 25.4. The van der Waals surface area contributed by atoms with Gasteiger partial charge < -0.3 is 19.6 Å². The van der Waals surface area contributed by atoms with E-state index >= 15 is 0 Å². The monoisotopic (exact) mass is 552 g/mol. The van der Waals surface area contributed by atoms with Crippen LogP contribution in [-0.2, 0) is 23.2 Å². The van der Waals surface area contributed by atoms with Gasteiger partial charge in [0.15, 0.2) is 17.0 Å². The number of hydrogen-bond acceptors (Lipinski definition) is 10. The summed E-state index contributed by atoms with van der Waals surface area (Å²) in [5.41, 5.74) is -0.508. The number of nitrogens with zero attached hydrogens (tertiary/aromatic N) is 9. The second-order valence-corrected chi connectivity index (χ2v) is 9.77. The third kappa shape index (κ3) is 3.94. The lowest BCUT2D eigenvalue weighted by atomic mass is 10.2. The second kappa shape index (κ2) is 9.10. The van der Waals surface area contributed by atoms with Crippen LogP contribution in [0.5, 0.6) is 0 Å². The quantitative estimate of drug-likeness (QED) is 0.314. The average Bonchev–Trinajstić information content (AvgIpc) is 3.38. The zero-order valence-corrected chi connectivity index (χ0v) is 21.2. The first-order valence-corrected chi connectivity index (χ1v) is 12.3. The van der Waals surface area contributed by atoms with Gasteiger partial charge >= 0.3 is 5.69 Å². The normalized spacial score (nSPS) is 19.9. The van der Waals surface area contributed by atoms with Crippen LogP contribution >= 0.6 is 0 Å². The summed E-state index contributed by atoms with van der Waals surface area (Å²) in [7, 11) is 1.41. The fraction of sp³-hybridized carbons (Fsp3) is 0.375. The van der Waals surface area contributed by atoms with Gasteiger partial charge in [0.25, 0.3) is 11.5 Å². The molecule has 4 aromatic rings. The number of aromatic nitrogens is 8. The highest BCUT2D eigenvalue weighted by Gasteiger charge is 2.72. The number of carbonyl (C=O) groups excluding carboxylic acids is 2. The number of carbonyl (C=O) groups is 2. The summed E-state index contributed by atoms with van der Waals surface area (Å²) < 4.78 is 30.2. The van der Waals surface area contributed by atoms with E-state index in [0.29, 0.717) is 23.5 Å². The minimum Gasteiger partial charge on any atom is -0.340 e. The highest BCUT2D eigenvalue weighted by Crippen LogP contribution is 2.59. The van der Waals surface area contributed by atoms with Gasteiger partial charge in [-0.3, -0.25) is 23.7 Å². The van der Waals surface area contributed by atoms with Crippen LogP contribution in [0, 0.1) is 11.8 Å². The van der Waals surface area contributed by atoms with Crippen molar-refractivity contribution in [1.82, 2.24) is 38.6 Å². The maximum absolute atomic E-state index is 13.5. The molecule has 40 heavy (non-hydrogen) atoms. The summed E-state index contributed by atoms with van der Waals surface area (Å²) in [5.74, 6) is -3.95. The van der Waals surface area contributed by atoms with Gasteiger partial charge in [0.05, 0.1) is 42.8 Å². The van der Waals surface area contributed by atoms with Crippen LogP contribution in [0.4, 0.5) is 20.5 Å². The molecule has 1 saturated heterocycles. The Hall–Kier alpha value is -4.89. The van der Waals surface area contributed by atoms with E-state index in [9.17, 15) is 28.0 Å². The number of imidazole rings is 1. The third-order valence-corrected chi connectivity index (χ3v) is 7.41. The van der Waals surface area contributed by atoms with Crippen molar-refractivity contribution in [3.63, 3.8) is 0 Å². The standard InChI is InChI=1S/C24H22F2N10O4/c1-12(36-11-30-19-18(36)21(39)35(3-4-37)23(40)33(19)2)20(38)32-17-8-27-7-16(31-17)13-5-28-22(29-6-13)34-9-14-15(10-34)24(14,25)26/h4-8,11-12,14-15H,3,9-10H2,1-2H3,(H,31,32,38)/t12-,14?,15?/m0/s1. The van der Waals surface area contributed by atoms with Crippen LogP contribution in [0.1, 0.15) is 13.0 Å². The topological polar surface area (TPSA) is 163 Å². The van der Waals surface area contributed by atoms with E-state index < -0.39 is 47.5 Å². The van der Waals surface area contributed by atoms with E-state index in [-0.39, 0.29) is 30.1 Å². The molecule has 1 saturated carbocycles. The number of fused-ring (bicyclic) bond motifs is 2. The van der Waals surface area contributed by atoms with E-state index in [1.54, 1.807) is 4.90 Å². The number of piperidine rings is 1. The Morgan fingerprint density at radius 3 is 2.52 bits per heavy atom. The maximum atomic E-state index is 13.5. The molecule has 1 aliphatic carbocycles. The molecule has 1 N–H and O–H groups in total. The van der Waals surface area contributed by atoms with Gasteiger partial charge in [-0.05, 0) is 6.92 Å². The molecule has 1 amide bonds. The fourth-order valence-corrected chi connectivity index (χ4v) is 5.03. The van der Waals surface area contributed by atoms with Crippen molar-refractivity contribution in [2.75, 3.05) is 23.3 Å². The Morgan fingerprint density at radius 2 is 1.85 bits per heavy atom. The largest absolute Gasteiger partial charge is 0.340 e. The number of hydrogen-bond donors (Lipinski definition) is 1. The number of rotatable bonds is 7. The van der Waals surface area contributed by atoms with Crippen molar-refractivity contribution < 1.29 is 18.4 Å². The molecule has 16 heteroatoms. The summed E-state index contributed by atoms with van der Waals surface area (Å²) in [6.07, 6.45) is 7.53. The van der Waals surface area contributed by atoms with Gasteiger partial charge in [0.2, 0.25) is 11.9 Å². The average molecular weight is 553 g/mol. The Bertz CT molecular complexity index is 1770. The molecule has 2 unspecified atom stereocenters. The van der Waals surface area contributed by atoms with E-state index in [1.807, 2.05) is 0 Å². The lowest BCUT2D eigenvalue weighted by Crippen LogP contribution is -2.40. The highest BCUT2D eigenvalue weighted by molar-refractivity contribution is 5.93. The molecule has 14 nitrogen and oxygen atoms in total. The van der Waals surface area contributed by atoms with Crippen molar-refractivity contribution in [3.8, 4) is 11.3 Å². The molecule has 2 aliphatic rings. The van der Waals surface area contributed by atoms with Crippen molar-refractivity contribution >= 4 is 35.1 Å². The van der Waals surface area contributed by atoms with E-state index in [4.69, 9.17) is 0 Å². The molecule has 0 aromatic carbocycles. The Balaban J connectivity index is 1.20.